The molecule has 1 aliphatic rings. The molecule has 0 unspecified atom stereocenters. The summed E-state index contributed by atoms with van der Waals surface area (Å²) in [6.45, 7) is 0.561. The lowest BCUT2D eigenvalue weighted by Gasteiger charge is -2.16. The lowest BCUT2D eigenvalue weighted by molar-refractivity contribution is 0.475. The monoisotopic (exact) mass is 316 g/mol. The van der Waals surface area contributed by atoms with Gasteiger partial charge in [-0.1, -0.05) is 0 Å². The second-order valence-electron chi connectivity index (χ2n) is 5.36. The van der Waals surface area contributed by atoms with Crippen molar-refractivity contribution in [3.63, 3.8) is 0 Å². The molecule has 6 heteroatoms. The number of nitriles is 1. The van der Waals surface area contributed by atoms with Crippen LogP contribution >= 0.6 is 0 Å². The van der Waals surface area contributed by atoms with Gasteiger partial charge in [0.2, 0.25) is 0 Å². The minimum absolute atomic E-state index is 0.154. The number of fused-ring (bicyclic) bond motifs is 1. The van der Waals surface area contributed by atoms with Crippen LogP contribution in [0.15, 0.2) is 57.3 Å². The highest BCUT2D eigenvalue weighted by molar-refractivity contribution is 5.83. The Hall–Kier alpha value is -3.46. The van der Waals surface area contributed by atoms with Crippen LogP contribution in [0.25, 0.3) is 22.6 Å². The van der Waals surface area contributed by atoms with Crippen LogP contribution in [0.4, 0.5) is 5.82 Å². The fourth-order valence-corrected chi connectivity index (χ4v) is 2.84. The minimum atomic E-state index is 0.154. The summed E-state index contributed by atoms with van der Waals surface area (Å²) < 4.78 is 5.55. The molecule has 0 atom stereocenters. The fraction of sp³-hybridized carbons (Fsp3) is 0.111. The average molecular weight is 316 g/mol. The van der Waals surface area contributed by atoms with Gasteiger partial charge in [-0.15, -0.1) is 5.11 Å². The largest absolute Gasteiger partial charge is 0.508 e. The van der Waals surface area contributed by atoms with E-state index in [9.17, 15) is 10.4 Å². The number of aromatic hydroxyl groups is 1. The summed E-state index contributed by atoms with van der Waals surface area (Å²) in [6.07, 6.45) is 2.24. The molecular weight excluding hydrogens is 304 g/mol. The van der Waals surface area contributed by atoms with Crippen molar-refractivity contribution in [1.29, 1.82) is 5.26 Å². The zero-order chi connectivity index (χ0) is 16.5. The van der Waals surface area contributed by atoms with Gasteiger partial charge in [-0.05, 0) is 42.8 Å². The summed E-state index contributed by atoms with van der Waals surface area (Å²) in [6, 6.07) is 12.4. The van der Waals surface area contributed by atoms with Crippen LogP contribution in [0.2, 0.25) is 0 Å². The molecule has 0 bridgehead atoms. The molecule has 0 aliphatic carbocycles. The topological polar surface area (TPSA) is 94.8 Å². The minimum Gasteiger partial charge on any atom is -0.508 e. The summed E-state index contributed by atoms with van der Waals surface area (Å²) in [7, 11) is 0. The lowest BCUT2D eigenvalue weighted by Crippen LogP contribution is -2.04. The smallest absolute Gasteiger partial charge is 0.178 e. The Morgan fingerprint density at radius 1 is 1.17 bits per heavy atom. The summed E-state index contributed by atoms with van der Waals surface area (Å²) in [5.41, 5.74) is 3.25. The maximum absolute atomic E-state index is 9.78. The third kappa shape index (κ3) is 2.23. The van der Waals surface area contributed by atoms with Gasteiger partial charge in [0.15, 0.2) is 5.82 Å². The molecule has 0 spiro atoms. The molecule has 0 amide bonds. The second kappa shape index (κ2) is 5.63. The number of phenolic OH excluding ortho intramolecular Hbond substituents is 1. The van der Waals surface area contributed by atoms with Crippen molar-refractivity contribution in [2.24, 2.45) is 10.2 Å². The first-order chi connectivity index (χ1) is 11.8. The van der Waals surface area contributed by atoms with E-state index in [0.29, 0.717) is 41.4 Å². The number of hydrogen-bond donors (Lipinski definition) is 1. The fourth-order valence-electron chi connectivity index (χ4n) is 2.84. The molecule has 0 saturated carbocycles. The maximum atomic E-state index is 9.78. The molecule has 1 N–H and O–H groups in total. The van der Waals surface area contributed by atoms with Gasteiger partial charge in [-0.2, -0.15) is 10.4 Å². The quantitative estimate of drug-likeness (QED) is 0.765. The van der Waals surface area contributed by atoms with E-state index in [1.807, 2.05) is 6.07 Å². The number of azo groups is 1. The summed E-state index contributed by atoms with van der Waals surface area (Å²) >= 11 is 0. The van der Waals surface area contributed by atoms with Gasteiger partial charge < -0.3 is 9.52 Å². The molecule has 0 radical (unpaired) electrons. The molecule has 116 valence electrons. The first-order valence-corrected chi connectivity index (χ1v) is 7.45. The Morgan fingerprint density at radius 3 is 2.71 bits per heavy atom. The van der Waals surface area contributed by atoms with Gasteiger partial charge in [0.05, 0.1) is 24.1 Å². The Labute approximate surface area is 137 Å². The maximum Gasteiger partial charge on any atom is 0.178 e. The Balaban J connectivity index is 2.05. The van der Waals surface area contributed by atoms with Crippen molar-refractivity contribution in [2.45, 2.75) is 6.42 Å². The van der Waals surface area contributed by atoms with E-state index in [2.05, 4.69) is 21.3 Å². The van der Waals surface area contributed by atoms with Crippen LogP contribution < -0.4 is 0 Å². The van der Waals surface area contributed by atoms with Crippen molar-refractivity contribution < 1.29 is 9.52 Å². The van der Waals surface area contributed by atoms with Gasteiger partial charge in [0.1, 0.15) is 17.6 Å². The molecule has 6 nitrogen and oxygen atoms in total. The van der Waals surface area contributed by atoms with Crippen LogP contribution in [-0.4, -0.2) is 16.6 Å². The molecule has 0 fully saturated rings. The standard InChI is InChI=1S/C18H12N4O2/c19-10-14-16(15-2-1-9-24-15)13-7-8-20-22-18(13)21-17(14)11-3-5-12(23)6-4-11/h1-6,9,23H,7-8H2. The lowest BCUT2D eigenvalue weighted by atomic mass is 9.93. The predicted molar refractivity (Wildman–Crippen MR) is 86.8 cm³/mol. The summed E-state index contributed by atoms with van der Waals surface area (Å²) in [4.78, 5) is 4.55. The van der Waals surface area contributed by atoms with Crippen LogP contribution in [0.5, 0.6) is 5.75 Å². The van der Waals surface area contributed by atoms with Crippen LogP contribution in [0.1, 0.15) is 11.1 Å². The Kier molecular flexibility index (Phi) is 3.32. The molecule has 2 aromatic heterocycles. The number of pyridine rings is 1. The van der Waals surface area contributed by atoms with Gasteiger partial charge in [0, 0.05) is 16.7 Å². The number of nitrogens with zero attached hydrogens (tertiary/aromatic N) is 4. The first kappa shape index (κ1) is 14.2. The second-order valence-corrected chi connectivity index (χ2v) is 5.36. The van der Waals surface area contributed by atoms with Gasteiger partial charge in [-0.3, -0.25) is 0 Å². The average Bonchev–Trinajstić information content (AvgIpc) is 3.15. The molecule has 0 saturated heterocycles. The number of phenols is 1. The Bertz CT molecular complexity index is 968. The van der Waals surface area contributed by atoms with E-state index in [4.69, 9.17) is 4.42 Å². The van der Waals surface area contributed by atoms with E-state index >= 15 is 0 Å². The first-order valence-electron chi connectivity index (χ1n) is 7.45. The highest BCUT2D eigenvalue weighted by atomic mass is 16.3. The zero-order valence-corrected chi connectivity index (χ0v) is 12.6. The van der Waals surface area contributed by atoms with E-state index < -0.39 is 0 Å². The van der Waals surface area contributed by atoms with Crippen LogP contribution in [0.3, 0.4) is 0 Å². The normalized spacial score (nSPS) is 12.6. The predicted octanol–water partition coefficient (Wildman–Crippen LogP) is 4.23. The van der Waals surface area contributed by atoms with Crippen molar-refractivity contribution in [3.8, 4) is 34.4 Å². The zero-order valence-electron chi connectivity index (χ0n) is 12.6. The molecular formula is C18H12N4O2. The molecule has 24 heavy (non-hydrogen) atoms. The van der Waals surface area contributed by atoms with Gasteiger partial charge in [0.25, 0.3) is 0 Å². The van der Waals surface area contributed by atoms with Crippen molar-refractivity contribution in [2.75, 3.05) is 6.54 Å². The molecule has 1 aliphatic heterocycles. The third-order valence-corrected chi connectivity index (χ3v) is 3.92. The van der Waals surface area contributed by atoms with Gasteiger partial charge >= 0.3 is 0 Å². The highest BCUT2D eigenvalue weighted by Gasteiger charge is 2.24. The van der Waals surface area contributed by atoms with Crippen molar-refractivity contribution in [1.82, 2.24) is 4.98 Å². The van der Waals surface area contributed by atoms with Gasteiger partial charge in [-0.25, -0.2) is 4.98 Å². The van der Waals surface area contributed by atoms with Crippen LogP contribution in [-0.2, 0) is 6.42 Å². The third-order valence-electron chi connectivity index (χ3n) is 3.92. The van der Waals surface area contributed by atoms with Crippen molar-refractivity contribution in [3.05, 3.63) is 53.8 Å². The number of hydrogen-bond acceptors (Lipinski definition) is 6. The summed E-state index contributed by atoms with van der Waals surface area (Å²) in [5.74, 6) is 1.28. The van der Waals surface area contributed by atoms with Crippen LogP contribution in [0, 0.1) is 11.3 Å². The molecule has 3 heterocycles. The SMILES string of the molecule is N#Cc1c(-c2ccc(O)cc2)nc2c(c1-c1ccco1)CCN=N2. The summed E-state index contributed by atoms with van der Waals surface area (Å²) in [5, 5.41) is 27.5. The molecule has 3 aromatic rings. The molecule has 1 aromatic carbocycles. The van der Waals surface area contributed by atoms with E-state index in [1.54, 1.807) is 36.6 Å². The van der Waals surface area contributed by atoms with E-state index in [0.717, 1.165) is 11.1 Å². The van der Waals surface area contributed by atoms with Crippen molar-refractivity contribution >= 4 is 5.82 Å². The number of rotatable bonds is 2. The number of benzene rings is 1. The Morgan fingerprint density at radius 2 is 2.00 bits per heavy atom. The van der Waals surface area contributed by atoms with E-state index in [-0.39, 0.29) is 5.75 Å². The number of aromatic nitrogens is 1. The van der Waals surface area contributed by atoms with E-state index in [1.165, 1.54) is 0 Å². The molecule has 4 rings (SSSR count). The number of furan rings is 1. The highest BCUT2D eigenvalue weighted by Crippen LogP contribution is 2.40.